The number of unbranched alkanes of at least 4 members (excludes halogenated alkanes) is 1. The summed E-state index contributed by atoms with van der Waals surface area (Å²) < 4.78 is 5.40. The molecule has 0 aliphatic carbocycles. The molecule has 0 saturated carbocycles. The molecule has 1 fully saturated rings. The van der Waals surface area contributed by atoms with Crippen LogP contribution in [0.3, 0.4) is 0 Å². The molecule has 1 aromatic rings. The van der Waals surface area contributed by atoms with Crippen molar-refractivity contribution < 1.29 is 4.74 Å². The zero-order valence-electron chi connectivity index (χ0n) is 11.3. The zero-order chi connectivity index (χ0) is 12.6. The summed E-state index contributed by atoms with van der Waals surface area (Å²) in [6, 6.07) is 6.40. The van der Waals surface area contributed by atoms with E-state index in [0.29, 0.717) is 5.92 Å². The van der Waals surface area contributed by atoms with Crippen molar-refractivity contribution in [3.63, 3.8) is 0 Å². The second-order valence-electron chi connectivity index (χ2n) is 4.97. The minimum Gasteiger partial charge on any atom is -0.381 e. The first kappa shape index (κ1) is 13.5. The summed E-state index contributed by atoms with van der Waals surface area (Å²) >= 11 is 0. The van der Waals surface area contributed by atoms with Gasteiger partial charge in [-0.2, -0.15) is 0 Å². The van der Waals surface area contributed by atoms with E-state index in [9.17, 15) is 0 Å². The van der Waals surface area contributed by atoms with Gasteiger partial charge < -0.3 is 10.1 Å². The van der Waals surface area contributed by atoms with Gasteiger partial charge in [-0.3, -0.25) is 4.98 Å². The first-order valence-corrected chi connectivity index (χ1v) is 7.14. The quantitative estimate of drug-likeness (QED) is 0.786. The largest absolute Gasteiger partial charge is 0.381 e. The number of pyridine rings is 1. The molecular weight excluding hydrogens is 224 g/mol. The molecule has 100 valence electrons. The normalized spacial score (nSPS) is 16.9. The molecule has 0 bridgehead atoms. The fourth-order valence-corrected chi connectivity index (χ4v) is 2.34. The van der Waals surface area contributed by atoms with Crippen LogP contribution in [0.1, 0.15) is 49.9 Å². The number of ether oxygens (including phenoxy) is 1. The minimum absolute atomic E-state index is 0.592. The molecule has 1 aliphatic rings. The predicted molar refractivity (Wildman–Crippen MR) is 73.6 cm³/mol. The topological polar surface area (TPSA) is 34.1 Å². The van der Waals surface area contributed by atoms with Crippen molar-refractivity contribution in [1.82, 2.24) is 10.3 Å². The fraction of sp³-hybridized carbons (Fsp3) is 0.667. The molecule has 1 N–H and O–H groups in total. The van der Waals surface area contributed by atoms with Crippen LogP contribution in [0, 0.1) is 0 Å². The molecule has 0 radical (unpaired) electrons. The van der Waals surface area contributed by atoms with Crippen molar-refractivity contribution in [3.8, 4) is 0 Å². The Labute approximate surface area is 110 Å². The summed E-state index contributed by atoms with van der Waals surface area (Å²) in [7, 11) is 0. The summed E-state index contributed by atoms with van der Waals surface area (Å²) in [6.07, 6.45) is 4.70. The third-order valence-corrected chi connectivity index (χ3v) is 3.48. The van der Waals surface area contributed by atoms with Gasteiger partial charge in [-0.1, -0.05) is 19.4 Å². The van der Waals surface area contributed by atoms with E-state index in [1.165, 1.54) is 18.5 Å². The van der Waals surface area contributed by atoms with E-state index in [2.05, 4.69) is 30.4 Å². The molecule has 1 aromatic heterocycles. The van der Waals surface area contributed by atoms with E-state index in [1.807, 2.05) is 0 Å². The van der Waals surface area contributed by atoms with Gasteiger partial charge in [0.15, 0.2) is 0 Å². The van der Waals surface area contributed by atoms with Crippen LogP contribution in [0.5, 0.6) is 0 Å². The Morgan fingerprint density at radius 2 is 2.17 bits per heavy atom. The van der Waals surface area contributed by atoms with E-state index in [4.69, 9.17) is 9.72 Å². The Hall–Kier alpha value is -0.930. The van der Waals surface area contributed by atoms with E-state index in [-0.39, 0.29) is 0 Å². The fourth-order valence-electron chi connectivity index (χ4n) is 2.34. The third-order valence-electron chi connectivity index (χ3n) is 3.48. The summed E-state index contributed by atoms with van der Waals surface area (Å²) in [6.45, 7) is 5.94. The molecule has 0 unspecified atom stereocenters. The van der Waals surface area contributed by atoms with Crippen LogP contribution in [0.15, 0.2) is 18.2 Å². The number of rotatable bonds is 6. The second kappa shape index (κ2) is 7.49. The maximum atomic E-state index is 5.40. The van der Waals surface area contributed by atoms with Crippen molar-refractivity contribution in [2.75, 3.05) is 19.8 Å². The SMILES string of the molecule is CCCCNCc1cccc(C2CCOCC2)n1. The lowest BCUT2D eigenvalue weighted by atomic mass is 9.96. The van der Waals surface area contributed by atoms with Crippen LogP contribution < -0.4 is 5.32 Å². The van der Waals surface area contributed by atoms with Crippen molar-refractivity contribution in [2.24, 2.45) is 0 Å². The monoisotopic (exact) mass is 248 g/mol. The number of aromatic nitrogens is 1. The van der Waals surface area contributed by atoms with Crippen molar-refractivity contribution in [1.29, 1.82) is 0 Å². The molecule has 0 spiro atoms. The smallest absolute Gasteiger partial charge is 0.0545 e. The van der Waals surface area contributed by atoms with Crippen molar-refractivity contribution >= 4 is 0 Å². The molecule has 1 saturated heterocycles. The minimum atomic E-state index is 0.592. The summed E-state index contributed by atoms with van der Waals surface area (Å²) in [5.74, 6) is 0.592. The van der Waals surface area contributed by atoms with E-state index < -0.39 is 0 Å². The Bertz CT molecular complexity index is 348. The third kappa shape index (κ3) is 4.07. The summed E-state index contributed by atoms with van der Waals surface area (Å²) in [4.78, 5) is 4.78. The van der Waals surface area contributed by atoms with Gasteiger partial charge in [0, 0.05) is 31.4 Å². The molecule has 2 rings (SSSR count). The van der Waals surface area contributed by atoms with Crippen LogP contribution in [0.25, 0.3) is 0 Å². The van der Waals surface area contributed by atoms with Gasteiger partial charge in [-0.05, 0) is 37.9 Å². The van der Waals surface area contributed by atoms with Gasteiger partial charge >= 0.3 is 0 Å². The average molecular weight is 248 g/mol. The van der Waals surface area contributed by atoms with Crippen molar-refractivity contribution in [3.05, 3.63) is 29.6 Å². The van der Waals surface area contributed by atoms with Crippen LogP contribution in [0.4, 0.5) is 0 Å². The van der Waals surface area contributed by atoms with Gasteiger partial charge in [0.05, 0.1) is 5.69 Å². The number of nitrogens with zero attached hydrogens (tertiary/aromatic N) is 1. The number of hydrogen-bond donors (Lipinski definition) is 1. The highest BCUT2D eigenvalue weighted by atomic mass is 16.5. The first-order chi connectivity index (χ1) is 8.90. The highest BCUT2D eigenvalue weighted by molar-refractivity contribution is 5.15. The lowest BCUT2D eigenvalue weighted by Gasteiger charge is -2.21. The lowest BCUT2D eigenvalue weighted by Crippen LogP contribution is -2.18. The van der Waals surface area contributed by atoms with Crippen LogP contribution in [-0.4, -0.2) is 24.7 Å². The molecule has 18 heavy (non-hydrogen) atoms. The molecule has 0 aromatic carbocycles. The lowest BCUT2D eigenvalue weighted by molar-refractivity contribution is 0.0844. The van der Waals surface area contributed by atoms with Crippen LogP contribution in [0.2, 0.25) is 0 Å². The number of hydrogen-bond acceptors (Lipinski definition) is 3. The molecular formula is C15H24N2O. The maximum absolute atomic E-state index is 5.40. The van der Waals surface area contributed by atoms with E-state index in [1.54, 1.807) is 0 Å². The van der Waals surface area contributed by atoms with E-state index >= 15 is 0 Å². The second-order valence-corrected chi connectivity index (χ2v) is 4.97. The van der Waals surface area contributed by atoms with Gasteiger partial charge in [0.1, 0.15) is 0 Å². The van der Waals surface area contributed by atoms with Gasteiger partial charge in [-0.15, -0.1) is 0 Å². The Morgan fingerprint density at radius 1 is 1.33 bits per heavy atom. The average Bonchev–Trinajstić information content (AvgIpc) is 2.45. The van der Waals surface area contributed by atoms with Crippen molar-refractivity contribution in [2.45, 2.75) is 45.1 Å². The van der Waals surface area contributed by atoms with Crippen LogP contribution in [-0.2, 0) is 11.3 Å². The van der Waals surface area contributed by atoms with E-state index in [0.717, 1.165) is 44.8 Å². The zero-order valence-corrected chi connectivity index (χ0v) is 11.3. The Balaban J connectivity index is 1.88. The highest BCUT2D eigenvalue weighted by Crippen LogP contribution is 2.25. The maximum Gasteiger partial charge on any atom is 0.0545 e. The first-order valence-electron chi connectivity index (χ1n) is 7.14. The Kier molecular flexibility index (Phi) is 5.62. The molecule has 3 nitrogen and oxygen atoms in total. The summed E-state index contributed by atoms with van der Waals surface area (Å²) in [5.41, 5.74) is 2.41. The van der Waals surface area contributed by atoms with Gasteiger partial charge in [0.2, 0.25) is 0 Å². The molecule has 3 heteroatoms. The number of nitrogens with one attached hydrogen (secondary N) is 1. The standard InChI is InChI=1S/C15H24N2O/c1-2-3-9-16-12-14-5-4-6-15(17-14)13-7-10-18-11-8-13/h4-6,13,16H,2-3,7-12H2,1H3. The molecule has 2 heterocycles. The van der Waals surface area contributed by atoms with Gasteiger partial charge in [-0.25, -0.2) is 0 Å². The molecule has 0 amide bonds. The molecule has 0 atom stereocenters. The predicted octanol–water partition coefficient (Wildman–Crippen LogP) is 2.87. The van der Waals surface area contributed by atoms with Crippen LogP contribution >= 0.6 is 0 Å². The molecule has 1 aliphatic heterocycles. The highest BCUT2D eigenvalue weighted by Gasteiger charge is 2.17. The Morgan fingerprint density at radius 3 is 2.94 bits per heavy atom. The summed E-state index contributed by atoms with van der Waals surface area (Å²) in [5, 5.41) is 3.45. The van der Waals surface area contributed by atoms with Gasteiger partial charge in [0.25, 0.3) is 0 Å².